The minimum absolute atomic E-state index is 0.00594. The van der Waals surface area contributed by atoms with E-state index in [0.717, 1.165) is 0 Å². The van der Waals surface area contributed by atoms with E-state index in [4.69, 9.17) is 4.74 Å². The molecule has 0 aliphatic rings. The van der Waals surface area contributed by atoms with Gasteiger partial charge in [0, 0.05) is 6.42 Å². The Morgan fingerprint density at radius 1 is 1.14 bits per heavy atom. The molecule has 0 fully saturated rings. The monoisotopic (exact) mass is 312 g/mol. The number of ether oxygens (including phenoxy) is 2. The van der Waals surface area contributed by atoms with Crippen molar-refractivity contribution in [3.63, 3.8) is 0 Å². The van der Waals surface area contributed by atoms with Gasteiger partial charge in [0.15, 0.2) is 6.10 Å². The molecule has 22 heavy (non-hydrogen) atoms. The molecule has 1 rings (SSSR count). The second-order valence-corrected chi connectivity index (χ2v) is 4.64. The molecule has 0 saturated carbocycles. The van der Waals surface area contributed by atoms with E-state index in [1.165, 1.54) is 38.1 Å². The Morgan fingerprint density at radius 2 is 1.68 bits per heavy atom. The molecule has 0 saturated heterocycles. The van der Waals surface area contributed by atoms with E-state index < -0.39 is 23.6 Å². The third-order valence-electron chi connectivity index (χ3n) is 3.00. The van der Waals surface area contributed by atoms with Crippen LogP contribution in [0.2, 0.25) is 0 Å². The highest BCUT2D eigenvalue weighted by atomic mass is 16.6. The van der Waals surface area contributed by atoms with Crippen LogP contribution in [0.25, 0.3) is 0 Å². The van der Waals surface area contributed by atoms with Crippen LogP contribution >= 0.6 is 0 Å². The first kappa shape index (κ1) is 17.9. The van der Waals surface area contributed by atoms with Crippen molar-refractivity contribution in [1.29, 1.82) is 0 Å². The minimum atomic E-state index is -2.47. The smallest absolute Gasteiger partial charge is 0.341 e. The molecule has 1 aromatic rings. The van der Waals surface area contributed by atoms with Gasteiger partial charge in [0.25, 0.3) is 0 Å². The van der Waals surface area contributed by atoms with Crippen molar-refractivity contribution in [2.45, 2.75) is 32.0 Å². The number of aliphatic hydroxyl groups excluding tert-OH is 1. The van der Waals surface area contributed by atoms with Gasteiger partial charge in [0.2, 0.25) is 5.60 Å². The molecule has 7 heteroatoms. The number of aromatic hydroxyl groups is 1. The summed E-state index contributed by atoms with van der Waals surface area (Å²) in [6, 6.07) is 5.63. The molecular formula is C15H20O7. The molecule has 0 radical (unpaired) electrons. The number of aliphatic hydroxyl groups is 2. The molecule has 0 unspecified atom stereocenters. The zero-order valence-electron chi connectivity index (χ0n) is 12.5. The number of benzene rings is 1. The predicted molar refractivity (Wildman–Crippen MR) is 76.0 cm³/mol. The van der Waals surface area contributed by atoms with Gasteiger partial charge in [-0.25, -0.2) is 9.59 Å². The van der Waals surface area contributed by atoms with Crippen LogP contribution in [0.5, 0.6) is 5.75 Å². The summed E-state index contributed by atoms with van der Waals surface area (Å²) < 4.78 is 9.38. The maximum atomic E-state index is 12.0. The lowest BCUT2D eigenvalue weighted by Gasteiger charge is -2.29. The Morgan fingerprint density at radius 3 is 2.18 bits per heavy atom. The van der Waals surface area contributed by atoms with Gasteiger partial charge in [-0.1, -0.05) is 12.1 Å². The lowest BCUT2D eigenvalue weighted by Crippen LogP contribution is -2.56. The van der Waals surface area contributed by atoms with Gasteiger partial charge in [-0.3, -0.25) is 0 Å². The predicted octanol–water partition coefficient (Wildman–Crippen LogP) is 0.153. The molecule has 2 atom stereocenters. The normalized spacial score (nSPS) is 14.7. The summed E-state index contributed by atoms with van der Waals surface area (Å²) in [4.78, 5) is 23.7. The van der Waals surface area contributed by atoms with E-state index in [9.17, 15) is 24.9 Å². The highest BCUT2D eigenvalue weighted by Gasteiger charge is 2.49. The van der Waals surface area contributed by atoms with Crippen LogP contribution in [-0.4, -0.2) is 52.2 Å². The average Bonchev–Trinajstić information content (AvgIpc) is 2.49. The van der Waals surface area contributed by atoms with Crippen LogP contribution in [-0.2, 0) is 25.5 Å². The van der Waals surface area contributed by atoms with E-state index in [1.54, 1.807) is 0 Å². The first-order chi connectivity index (χ1) is 10.3. The summed E-state index contributed by atoms with van der Waals surface area (Å²) >= 11 is 0. The third-order valence-corrected chi connectivity index (χ3v) is 3.00. The zero-order chi connectivity index (χ0) is 16.8. The van der Waals surface area contributed by atoms with Gasteiger partial charge in [-0.05, 0) is 31.5 Å². The number of esters is 2. The number of phenols is 1. The van der Waals surface area contributed by atoms with E-state index >= 15 is 0 Å². The maximum absolute atomic E-state index is 12.0. The van der Waals surface area contributed by atoms with Crippen LogP contribution in [0.3, 0.4) is 0 Å². The second kappa shape index (κ2) is 7.77. The summed E-state index contributed by atoms with van der Waals surface area (Å²) in [5.41, 5.74) is -2.05. The van der Waals surface area contributed by atoms with Gasteiger partial charge in [0.1, 0.15) is 5.75 Å². The quantitative estimate of drug-likeness (QED) is 0.614. The Bertz CT molecular complexity index is 511. The highest BCUT2D eigenvalue weighted by molar-refractivity contribution is 5.89. The number of hydrogen-bond donors (Lipinski definition) is 3. The Balaban J connectivity index is 3.07. The molecular weight excluding hydrogens is 292 g/mol. The van der Waals surface area contributed by atoms with Gasteiger partial charge in [0.05, 0.1) is 13.2 Å². The number of hydrogen-bond acceptors (Lipinski definition) is 7. The molecule has 0 amide bonds. The van der Waals surface area contributed by atoms with Crippen molar-refractivity contribution in [2.75, 3.05) is 13.2 Å². The van der Waals surface area contributed by atoms with Crippen molar-refractivity contribution in [1.82, 2.24) is 0 Å². The lowest BCUT2D eigenvalue weighted by molar-refractivity contribution is -0.189. The molecule has 0 aromatic heterocycles. The molecule has 122 valence electrons. The fourth-order valence-corrected chi connectivity index (χ4v) is 1.88. The standard InChI is InChI=1S/C15H20O7/c1-3-21-13(18)12(17)15(20,14(19)22-4-2)9-10-5-7-11(16)8-6-10/h5-8,12,16-17,20H,3-4,9H2,1-2H3/t12-,15+/m0/s1. The zero-order valence-corrected chi connectivity index (χ0v) is 12.5. The van der Waals surface area contributed by atoms with Crippen molar-refractivity contribution in [3.05, 3.63) is 29.8 Å². The second-order valence-electron chi connectivity index (χ2n) is 4.64. The number of carbonyl (C=O) groups is 2. The lowest BCUT2D eigenvalue weighted by atomic mass is 9.88. The largest absolute Gasteiger partial charge is 0.508 e. The van der Waals surface area contributed by atoms with Gasteiger partial charge in [-0.15, -0.1) is 0 Å². The SMILES string of the molecule is CCOC(=O)[C@H](O)[C@](O)(Cc1ccc(O)cc1)C(=O)OCC. The van der Waals surface area contributed by atoms with Crippen LogP contribution in [0.4, 0.5) is 0 Å². The number of carbonyl (C=O) groups excluding carboxylic acids is 2. The summed E-state index contributed by atoms with van der Waals surface area (Å²) in [6.07, 6.45) is -2.45. The summed E-state index contributed by atoms with van der Waals surface area (Å²) in [5, 5.41) is 29.8. The van der Waals surface area contributed by atoms with E-state index in [2.05, 4.69) is 4.74 Å². The van der Waals surface area contributed by atoms with Crippen molar-refractivity contribution >= 4 is 11.9 Å². The van der Waals surface area contributed by atoms with Crippen LogP contribution in [0.1, 0.15) is 19.4 Å². The Labute approximate surface area is 128 Å². The van der Waals surface area contributed by atoms with Crippen molar-refractivity contribution in [3.8, 4) is 5.75 Å². The van der Waals surface area contributed by atoms with Gasteiger partial charge < -0.3 is 24.8 Å². The van der Waals surface area contributed by atoms with Crippen LogP contribution < -0.4 is 0 Å². The van der Waals surface area contributed by atoms with E-state index in [-0.39, 0.29) is 25.4 Å². The first-order valence-corrected chi connectivity index (χ1v) is 6.87. The molecule has 0 heterocycles. The van der Waals surface area contributed by atoms with Gasteiger partial charge >= 0.3 is 11.9 Å². The van der Waals surface area contributed by atoms with Crippen molar-refractivity contribution < 1.29 is 34.4 Å². The average molecular weight is 312 g/mol. The van der Waals surface area contributed by atoms with Crippen molar-refractivity contribution in [2.24, 2.45) is 0 Å². The summed E-state index contributed by atoms with van der Waals surface area (Å²) in [7, 11) is 0. The maximum Gasteiger partial charge on any atom is 0.341 e. The fraction of sp³-hybridized carbons (Fsp3) is 0.467. The van der Waals surface area contributed by atoms with E-state index in [1.807, 2.05) is 0 Å². The van der Waals surface area contributed by atoms with E-state index in [0.29, 0.717) is 5.56 Å². The van der Waals surface area contributed by atoms with Gasteiger partial charge in [-0.2, -0.15) is 0 Å². The van der Waals surface area contributed by atoms with Crippen LogP contribution in [0, 0.1) is 0 Å². The first-order valence-electron chi connectivity index (χ1n) is 6.87. The number of rotatable bonds is 7. The molecule has 0 aliphatic carbocycles. The minimum Gasteiger partial charge on any atom is -0.508 e. The molecule has 0 aliphatic heterocycles. The fourth-order valence-electron chi connectivity index (χ4n) is 1.88. The molecule has 0 bridgehead atoms. The summed E-state index contributed by atoms with van der Waals surface area (Å²) in [5.74, 6) is -2.23. The molecule has 0 spiro atoms. The summed E-state index contributed by atoms with van der Waals surface area (Å²) in [6.45, 7) is 3.05. The molecule has 3 N–H and O–H groups in total. The molecule has 7 nitrogen and oxygen atoms in total. The van der Waals surface area contributed by atoms with Crippen LogP contribution in [0.15, 0.2) is 24.3 Å². The third kappa shape index (κ3) is 4.19. The topological polar surface area (TPSA) is 113 Å². The Kier molecular flexibility index (Phi) is 6.33. The number of phenolic OH excluding ortho intramolecular Hbond substituents is 1. The Hall–Kier alpha value is -2.12. The highest BCUT2D eigenvalue weighted by Crippen LogP contribution is 2.22. The molecule has 1 aromatic carbocycles.